The molecule has 3 rings (SSSR count). The first kappa shape index (κ1) is 12.2. The number of benzene rings is 1. The summed E-state index contributed by atoms with van der Waals surface area (Å²) in [5.41, 5.74) is 3.19. The quantitative estimate of drug-likeness (QED) is 0.760. The molecule has 1 saturated heterocycles. The van der Waals surface area contributed by atoms with Crippen LogP contribution in [0.5, 0.6) is 0 Å². The first-order valence-electron chi connectivity index (χ1n) is 6.62. The third-order valence-electron chi connectivity index (χ3n) is 3.68. The van der Waals surface area contributed by atoms with Crippen LogP contribution in [0.2, 0.25) is 0 Å². The fraction of sp³-hybridized carbons (Fsp3) is 0.429. The number of carbonyl (C=O) groups excluding carboxylic acids is 2. The molecule has 1 fully saturated rings. The van der Waals surface area contributed by atoms with Crippen LogP contribution in [0.3, 0.4) is 0 Å². The summed E-state index contributed by atoms with van der Waals surface area (Å²) >= 11 is 0. The molecule has 19 heavy (non-hydrogen) atoms. The van der Waals surface area contributed by atoms with Gasteiger partial charge in [0.2, 0.25) is 5.91 Å². The topological polar surface area (TPSA) is 61.4 Å². The van der Waals surface area contributed by atoms with Crippen LogP contribution >= 0.6 is 0 Å². The molecule has 1 aromatic carbocycles. The first-order valence-corrected chi connectivity index (χ1v) is 6.62. The molecule has 0 atom stereocenters. The molecule has 2 heterocycles. The fourth-order valence-electron chi connectivity index (χ4n) is 2.58. The van der Waals surface area contributed by atoms with Crippen molar-refractivity contribution in [3.05, 3.63) is 34.9 Å². The van der Waals surface area contributed by atoms with E-state index in [2.05, 4.69) is 10.6 Å². The standard InChI is InChI=1S/C14H17N3O2/c18-13-3-5-17(6-4-16-13)14(19)10-1-2-11-8-15-9-12(11)7-10/h1-2,7,15H,3-6,8-9H2,(H,16,18). The van der Waals surface area contributed by atoms with Crippen LogP contribution in [0.15, 0.2) is 18.2 Å². The summed E-state index contributed by atoms with van der Waals surface area (Å²) in [5.74, 6) is 0.0413. The van der Waals surface area contributed by atoms with Crippen LogP contribution in [0.1, 0.15) is 27.9 Å². The highest BCUT2D eigenvalue weighted by Gasteiger charge is 2.21. The van der Waals surface area contributed by atoms with Gasteiger partial charge in [-0.15, -0.1) is 0 Å². The van der Waals surface area contributed by atoms with Crippen LogP contribution in [-0.4, -0.2) is 36.3 Å². The van der Waals surface area contributed by atoms with E-state index in [9.17, 15) is 9.59 Å². The van der Waals surface area contributed by atoms with Gasteiger partial charge < -0.3 is 15.5 Å². The molecule has 2 amide bonds. The average Bonchev–Trinajstić information content (AvgIpc) is 2.78. The van der Waals surface area contributed by atoms with E-state index in [-0.39, 0.29) is 11.8 Å². The number of amides is 2. The third-order valence-corrected chi connectivity index (χ3v) is 3.68. The number of hydrogen-bond acceptors (Lipinski definition) is 3. The minimum atomic E-state index is 0.0196. The summed E-state index contributed by atoms with van der Waals surface area (Å²) in [6, 6.07) is 5.87. The Hall–Kier alpha value is -1.88. The predicted octanol–water partition coefficient (Wildman–Crippen LogP) is 0.252. The van der Waals surface area contributed by atoms with Crippen molar-refractivity contribution in [2.24, 2.45) is 0 Å². The zero-order chi connectivity index (χ0) is 13.2. The lowest BCUT2D eigenvalue weighted by Gasteiger charge is -2.19. The van der Waals surface area contributed by atoms with Gasteiger partial charge in [-0.05, 0) is 23.3 Å². The number of hydrogen-bond donors (Lipinski definition) is 2. The second-order valence-corrected chi connectivity index (χ2v) is 4.98. The van der Waals surface area contributed by atoms with Crippen molar-refractivity contribution in [1.82, 2.24) is 15.5 Å². The number of fused-ring (bicyclic) bond motifs is 1. The number of nitrogens with one attached hydrogen (secondary N) is 2. The summed E-state index contributed by atoms with van der Waals surface area (Å²) in [4.78, 5) is 25.5. The molecule has 100 valence electrons. The van der Waals surface area contributed by atoms with Crippen LogP contribution in [-0.2, 0) is 17.9 Å². The van der Waals surface area contributed by atoms with Gasteiger partial charge in [-0.2, -0.15) is 0 Å². The monoisotopic (exact) mass is 259 g/mol. The van der Waals surface area contributed by atoms with Gasteiger partial charge in [0, 0.05) is 44.7 Å². The third kappa shape index (κ3) is 2.46. The van der Waals surface area contributed by atoms with Gasteiger partial charge in [-0.3, -0.25) is 9.59 Å². The van der Waals surface area contributed by atoms with Gasteiger partial charge in [0.25, 0.3) is 5.91 Å². The Balaban J connectivity index is 1.77. The van der Waals surface area contributed by atoms with E-state index in [0.29, 0.717) is 26.1 Å². The SMILES string of the molecule is O=C1CCN(C(=O)c2ccc3c(c2)CNC3)CCN1. The lowest BCUT2D eigenvalue weighted by atomic mass is 10.1. The Bertz CT molecular complexity index is 527. The zero-order valence-electron chi connectivity index (χ0n) is 10.7. The highest BCUT2D eigenvalue weighted by Crippen LogP contribution is 2.18. The van der Waals surface area contributed by atoms with Crippen molar-refractivity contribution >= 4 is 11.8 Å². The molecule has 5 heteroatoms. The van der Waals surface area contributed by atoms with Crippen molar-refractivity contribution in [3.63, 3.8) is 0 Å². The molecule has 0 aromatic heterocycles. The maximum absolute atomic E-state index is 12.4. The van der Waals surface area contributed by atoms with E-state index >= 15 is 0 Å². The van der Waals surface area contributed by atoms with Crippen molar-refractivity contribution < 1.29 is 9.59 Å². The summed E-state index contributed by atoms with van der Waals surface area (Å²) < 4.78 is 0. The second kappa shape index (κ2) is 5.01. The Morgan fingerprint density at radius 2 is 2.00 bits per heavy atom. The van der Waals surface area contributed by atoms with Gasteiger partial charge in [-0.1, -0.05) is 6.07 Å². The summed E-state index contributed by atoms with van der Waals surface area (Å²) in [5, 5.41) is 6.05. The molecule has 0 bridgehead atoms. The smallest absolute Gasteiger partial charge is 0.253 e. The Morgan fingerprint density at radius 3 is 2.89 bits per heavy atom. The summed E-state index contributed by atoms with van der Waals surface area (Å²) in [7, 11) is 0. The molecule has 0 spiro atoms. The van der Waals surface area contributed by atoms with Crippen LogP contribution < -0.4 is 10.6 Å². The Labute approximate surface area is 112 Å². The lowest BCUT2D eigenvalue weighted by molar-refractivity contribution is -0.120. The lowest BCUT2D eigenvalue weighted by Crippen LogP contribution is -2.34. The maximum Gasteiger partial charge on any atom is 0.253 e. The molecule has 2 N–H and O–H groups in total. The predicted molar refractivity (Wildman–Crippen MR) is 70.5 cm³/mol. The minimum absolute atomic E-state index is 0.0196. The van der Waals surface area contributed by atoms with E-state index in [1.54, 1.807) is 4.90 Å². The average molecular weight is 259 g/mol. The minimum Gasteiger partial charge on any atom is -0.354 e. The number of rotatable bonds is 1. The fourth-order valence-corrected chi connectivity index (χ4v) is 2.58. The molecule has 0 saturated carbocycles. The molecular weight excluding hydrogens is 242 g/mol. The van der Waals surface area contributed by atoms with E-state index in [4.69, 9.17) is 0 Å². The van der Waals surface area contributed by atoms with Crippen LogP contribution in [0.4, 0.5) is 0 Å². The Morgan fingerprint density at radius 1 is 1.16 bits per heavy atom. The molecule has 0 radical (unpaired) electrons. The zero-order valence-corrected chi connectivity index (χ0v) is 10.7. The molecule has 2 aliphatic rings. The van der Waals surface area contributed by atoms with E-state index in [0.717, 1.165) is 18.7 Å². The van der Waals surface area contributed by atoms with Gasteiger partial charge in [0.1, 0.15) is 0 Å². The highest BCUT2D eigenvalue weighted by molar-refractivity contribution is 5.95. The van der Waals surface area contributed by atoms with Crippen molar-refractivity contribution in [2.45, 2.75) is 19.5 Å². The molecular formula is C14H17N3O2. The van der Waals surface area contributed by atoms with Crippen LogP contribution in [0, 0.1) is 0 Å². The van der Waals surface area contributed by atoms with Crippen molar-refractivity contribution in [3.8, 4) is 0 Å². The molecule has 0 aliphatic carbocycles. The number of carbonyl (C=O) groups is 2. The normalized spacial score (nSPS) is 18.7. The van der Waals surface area contributed by atoms with Crippen LogP contribution in [0.25, 0.3) is 0 Å². The van der Waals surface area contributed by atoms with Gasteiger partial charge in [0.15, 0.2) is 0 Å². The molecule has 1 aromatic rings. The number of nitrogens with zero attached hydrogens (tertiary/aromatic N) is 1. The summed E-state index contributed by atoms with van der Waals surface area (Å²) in [6.07, 6.45) is 0.387. The molecule has 2 aliphatic heterocycles. The summed E-state index contributed by atoms with van der Waals surface area (Å²) in [6.45, 7) is 3.33. The highest BCUT2D eigenvalue weighted by atomic mass is 16.2. The van der Waals surface area contributed by atoms with Crippen molar-refractivity contribution in [1.29, 1.82) is 0 Å². The maximum atomic E-state index is 12.4. The van der Waals surface area contributed by atoms with Crippen molar-refractivity contribution in [2.75, 3.05) is 19.6 Å². The van der Waals surface area contributed by atoms with Gasteiger partial charge >= 0.3 is 0 Å². The molecule has 5 nitrogen and oxygen atoms in total. The van der Waals surface area contributed by atoms with E-state index in [1.807, 2.05) is 18.2 Å². The van der Waals surface area contributed by atoms with E-state index < -0.39 is 0 Å². The second-order valence-electron chi connectivity index (χ2n) is 4.98. The largest absolute Gasteiger partial charge is 0.354 e. The molecule has 0 unspecified atom stereocenters. The Kier molecular flexibility index (Phi) is 3.21. The first-order chi connectivity index (χ1) is 9.24. The van der Waals surface area contributed by atoms with Gasteiger partial charge in [-0.25, -0.2) is 0 Å². The van der Waals surface area contributed by atoms with E-state index in [1.165, 1.54) is 11.1 Å². The van der Waals surface area contributed by atoms with Gasteiger partial charge in [0.05, 0.1) is 0 Å².